The van der Waals surface area contributed by atoms with Crippen molar-refractivity contribution in [1.82, 2.24) is 9.62 Å². The molecule has 8 nitrogen and oxygen atoms in total. The first-order valence-corrected chi connectivity index (χ1v) is 13.1. The molecule has 184 valence electrons. The highest BCUT2D eigenvalue weighted by Crippen LogP contribution is 2.24. The third-order valence-electron chi connectivity index (χ3n) is 5.95. The maximum Gasteiger partial charge on any atom is 0.243 e. The van der Waals surface area contributed by atoms with Crippen LogP contribution in [0.2, 0.25) is 0 Å². The Kier molecular flexibility index (Phi) is 7.67. The van der Waals surface area contributed by atoms with Gasteiger partial charge in [-0.2, -0.15) is 4.31 Å². The van der Waals surface area contributed by atoms with E-state index >= 15 is 0 Å². The lowest BCUT2D eigenvalue weighted by molar-refractivity contribution is -0.122. The van der Waals surface area contributed by atoms with Gasteiger partial charge in [-0.1, -0.05) is 30.3 Å². The molecule has 0 spiro atoms. The van der Waals surface area contributed by atoms with Crippen molar-refractivity contribution in [3.8, 4) is 11.3 Å². The van der Waals surface area contributed by atoms with Gasteiger partial charge in [-0.25, -0.2) is 8.42 Å². The van der Waals surface area contributed by atoms with E-state index in [1.165, 1.54) is 23.4 Å². The summed E-state index contributed by atoms with van der Waals surface area (Å²) in [6.07, 6.45) is 1.91. The number of carbonyl (C=O) groups is 2. The van der Waals surface area contributed by atoms with Crippen molar-refractivity contribution in [3.63, 3.8) is 0 Å². The molecule has 1 fully saturated rings. The minimum Gasteiger partial charge on any atom is -0.461 e. The van der Waals surface area contributed by atoms with E-state index in [9.17, 15) is 18.0 Å². The molecule has 9 heteroatoms. The number of hydrogen-bond donors (Lipinski definition) is 2. The number of anilines is 1. The Balaban J connectivity index is 1.24. The summed E-state index contributed by atoms with van der Waals surface area (Å²) in [5, 5.41) is 5.65. The Morgan fingerprint density at radius 1 is 0.971 bits per heavy atom. The van der Waals surface area contributed by atoms with Crippen LogP contribution in [0.4, 0.5) is 5.69 Å². The minimum absolute atomic E-state index is 0.0624. The first-order chi connectivity index (χ1) is 16.8. The molecule has 0 saturated carbocycles. The molecule has 35 heavy (non-hydrogen) atoms. The van der Waals surface area contributed by atoms with E-state index in [0.717, 1.165) is 17.1 Å². The first-order valence-electron chi connectivity index (χ1n) is 11.6. The van der Waals surface area contributed by atoms with Crippen molar-refractivity contribution < 1.29 is 22.4 Å². The number of piperidine rings is 1. The fourth-order valence-electron chi connectivity index (χ4n) is 4.11. The molecule has 2 heterocycles. The summed E-state index contributed by atoms with van der Waals surface area (Å²) in [6.45, 7) is 2.06. The van der Waals surface area contributed by atoms with Crippen LogP contribution in [0.3, 0.4) is 0 Å². The van der Waals surface area contributed by atoms with Crippen LogP contribution in [0.1, 0.15) is 31.9 Å². The number of benzene rings is 2. The SMILES string of the molecule is CC(=O)Nc1ccc(S(=O)(=O)N2CCC(NC(=O)CCc3ccc(-c4ccccc4)o3)CC2)cc1. The van der Waals surface area contributed by atoms with E-state index in [0.29, 0.717) is 44.5 Å². The Labute approximate surface area is 205 Å². The number of amides is 2. The summed E-state index contributed by atoms with van der Waals surface area (Å²) in [5.41, 5.74) is 1.54. The smallest absolute Gasteiger partial charge is 0.243 e. The van der Waals surface area contributed by atoms with Gasteiger partial charge in [-0.15, -0.1) is 0 Å². The Hall–Kier alpha value is -3.43. The summed E-state index contributed by atoms with van der Waals surface area (Å²) < 4.78 is 33.2. The third kappa shape index (κ3) is 6.37. The van der Waals surface area contributed by atoms with Gasteiger partial charge >= 0.3 is 0 Å². The molecule has 1 aliphatic heterocycles. The van der Waals surface area contributed by atoms with E-state index in [2.05, 4.69) is 10.6 Å². The van der Waals surface area contributed by atoms with Crippen molar-refractivity contribution in [2.45, 2.75) is 43.5 Å². The first kappa shape index (κ1) is 24.7. The van der Waals surface area contributed by atoms with Gasteiger partial charge in [0.25, 0.3) is 0 Å². The summed E-state index contributed by atoms with van der Waals surface area (Å²) >= 11 is 0. The van der Waals surface area contributed by atoms with Crippen LogP contribution in [0, 0.1) is 0 Å². The van der Waals surface area contributed by atoms with Crippen LogP contribution in [0.5, 0.6) is 0 Å². The second kappa shape index (κ2) is 10.9. The summed E-state index contributed by atoms with van der Waals surface area (Å²) in [4.78, 5) is 23.8. The molecule has 2 N–H and O–H groups in total. The lowest BCUT2D eigenvalue weighted by atomic mass is 10.1. The van der Waals surface area contributed by atoms with Crippen molar-refractivity contribution >= 4 is 27.5 Å². The van der Waals surface area contributed by atoms with E-state index in [1.54, 1.807) is 12.1 Å². The lowest BCUT2D eigenvalue weighted by Crippen LogP contribution is -2.46. The molecule has 0 radical (unpaired) electrons. The van der Waals surface area contributed by atoms with Gasteiger partial charge in [-0.05, 0) is 49.2 Å². The normalized spacial score (nSPS) is 15.0. The molecule has 2 aromatic carbocycles. The van der Waals surface area contributed by atoms with Crippen molar-refractivity contribution in [3.05, 3.63) is 72.5 Å². The molecule has 0 aliphatic carbocycles. The number of furan rings is 1. The number of rotatable bonds is 8. The molecule has 1 saturated heterocycles. The molecule has 4 rings (SSSR count). The third-order valence-corrected chi connectivity index (χ3v) is 7.86. The average molecular weight is 496 g/mol. The van der Waals surface area contributed by atoms with Crippen LogP contribution in [0.25, 0.3) is 11.3 Å². The van der Waals surface area contributed by atoms with Gasteiger partial charge < -0.3 is 15.1 Å². The quantitative estimate of drug-likeness (QED) is 0.494. The van der Waals surface area contributed by atoms with Crippen molar-refractivity contribution in [1.29, 1.82) is 0 Å². The van der Waals surface area contributed by atoms with Gasteiger partial charge in [0, 0.05) is 50.1 Å². The zero-order chi connectivity index (χ0) is 24.8. The lowest BCUT2D eigenvalue weighted by Gasteiger charge is -2.31. The zero-order valence-electron chi connectivity index (χ0n) is 19.6. The Morgan fingerprint density at radius 3 is 2.31 bits per heavy atom. The molecule has 0 bridgehead atoms. The van der Waals surface area contributed by atoms with E-state index < -0.39 is 10.0 Å². The summed E-state index contributed by atoms with van der Waals surface area (Å²) in [5.74, 6) is 1.24. The predicted molar refractivity (Wildman–Crippen MR) is 133 cm³/mol. The highest BCUT2D eigenvalue weighted by atomic mass is 32.2. The summed E-state index contributed by atoms with van der Waals surface area (Å²) in [6, 6.07) is 19.7. The Bertz CT molecular complexity index is 1260. The predicted octanol–water partition coefficient (Wildman–Crippen LogP) is 3.81. The van der Waals surface area contributed by atoms with Crippen LogP contribution in [-0.4, -0.2) is 43.7 Å². The number of aryl methyl sites for hydroxylation is 1. The van der Waals surface area contributed by atoms with Crippen LogP contribution >= 0.6 is 0 Å². The number of hydrogen-bond acceptors (Lipinski definition) is 5. The number of nitrogens with zero attached hydrogens (tertiary/aromatic N) is 1. The second-order valence-corrected chi connectivity index (χ2v) is 10.5. The average Bonchev–Trinajstić information content (AvgIpc) is 3.33. The van der Waals surface area contributed by atoms with Gasteiger partial charge in [0.15, 0.2) is 0 Å². The molecule has 3 aromatic rings. The Morgan fingerprint density at radius 2 is 1.66 bits per heavy atom. The van der Waals surface area contributed by atoms with Gasteiger partial charge in [-0.3, -0.25) is 9.59 Å². The highest BCUT2D eigenvalue weighted by Gasteiger charge is 2.30. The largest absolute Gasteiger partial charge is 0.461 e. The number of carbonyl (C=O) groups excluding carboxylic acids is 2. The molecular weight excluding hydrogens is 466 g/mol. The monoisotopic (exact) mass is 495 g/mol. The second-order valence-electron chi connectivity index (χ2n) is 8.58. The highest BCUT2D eigenvalue weighted by molar-refractivity contribution is 7.89. The number of nitrogens with one attached hydrogen (secondary N) is 2. The van der Waals surface area contributed by atoms with Crippen LogP contribution in [0.15, 0.2) is 76.0 Å². The maximum absolute atomic E-state index is 13.0. The van der Waals surface area contributed by atoms with E-state index in [4.69, 9.17) is 4.42 Å². The van der Waals surface area contributed by atoms with Gasteiger partial charge in [0.2, 0.25) is 21.8 Å². The fraction of sp³-hybridized carbons (Fsp3) is 0.308. The molecule has 0 unspecified atom stereocenters. The summed E-state index contributed by atoms with van der Waals surface area (Å²) in [7, 11) is -3.63. The molecule has 2 amide bonds. The van der Waals surface area contributed by atoms with Gasteiger partial charge in [0.1, 0.15) is 11.5 Å². The fourth-order valence-corrected chi connectivity index (χ4v) is 5.58. The molecule has 1 aliphatic rings. The van der Waals surface area contributed by atoms with E-state index in [-0.39, 0.29) is 22.8 Å². The van der Waals surface area contributed by atoms with Crippen LogP contribution in [-0.2, 0) is 26.0 Å². The maximum atomic E-state index is 13.0. The van der Waals surface area contributed by atoms with Crippen molar-refractivity contribution in [2.75, 3.05) is 18.4 Å². The standard InChI is InChI=1S/C26H29N3O5S/c1-19(30)27-21-7-11-24(12-8-21)35(32,33)29-17-15-22(16-18-29)28-26(31)14-10-23-9-13-25(34-23)20-5-3-2-4-6-20/h2-9,11-13,22H,10,14-18H2,1H3,(H,27,30)(H,28,31). The van der Waals surface area contributed by atoms with E-state index in [1.807, 2.05) is 42.5 Å². The number of sulfonamides is 1. The molecule has 1 aromatic heterocycles. The van der Waals surface area contributed by atoms with Crippen molar-refractivity contribution in [2.24, 2.45) is 0 Å². The minimum atomic E-state index is -3.63. The van der Waals surface area contributed by atoms with Gasteiger partial charge in [0.05, 0.1) is 4.90 Å². The molecule has 0 atom stereocenters. The van der Waals surface area contributed by atoms with Crippen LogP contribution < -0.4 is 10.6 Å². The zero-order valence-corrected chi connectivity index (χ0v) is 20.4. The molecular formula is C26H29N3O5S. The topological polar surface area (TPSA) is 109 Å².